The Morgan fingerprint density at radius 1 is 1.04 bits per heavy atom. The summed E-state index contributed by atoms with van der Waals surface area (Å²) in [7, 11) is 0. The maximum absolute atomic E-state index is 12.5. The number of fused-ring (bicyclic) bond motifs is 1. The molecule has 1 heterocycles. The van der Waals surface area contributed by atoms with Crippen LogP contribution in [0, 0.1) is 5.41 Å². The summed E-state index contributed by atoms with van der Waals surface area (Å²) in [6.07, 6.45) is 0.597. The van der Waals surface area contributed by atoms with Gasteiger partial charge in [0.25, 0.3) is 0 Å². The molecule has 1 atom stereocenters. The molecule has 0 fully saturated rings. The number of nitrogens with zero attached hydrogens (tertiary/aromatic N) is 1. The van der Waals surface area contributed by atoms with E-state index in [2.05, 4.69) is 20.6 Å². The van der Waals surface area contributed by atoms with Gasteiger partial charge in [-0.25, -0.2) is 4.98 Å². The highest BCUT2D eigenvalue weighted by atomic mass is 16.2. The molecule has 28 heavy (non-hydrogen) atoms. The zero-order valence-corrected chi connectivity index (χ0v) is 16.5. The Balaban J connectivity index is 1.76. The second kappa shape index (κ2) is 8.25. The predicted octanol–water partition coefficient (Wildman–Crippen LogP) is 3.13. The molecule has 6 nitrogen and oxygen atoms in total. The average Bonchev–Trinajstić information content (AvgIpc) is 3.10. The molecule has 3 N–H and O–H groups in total. The van der Waals surface area contributed by atoms with Gasteiger partial charge in [-0.15, -0.1) is 0 Å². The predicted molar refractivity (Wildman–Crippen MR) is 110 cm³/mol. The van der Waals surface area contributed by atoms with Crippen molar-refractivity contribution in [1.82, 2.24) is 20.6 Å². The SMILES string of the molecule is CC(C)(C)C(=O)NCC(=O)NC(Cc1ccccc1)c1nc2ccccc2[nH]1. The van der Waals surface area contributed by atoms with Crippen LogP contribution in [-0.4, -0.2) is 28.3 Å². The summed E-state index contributed by atoms with van der Waals surface area (Å²) in [4.78, 5) is 32.5. The van der Waals surface area contributed by atoms with Gasteiger partial charge in [-0.3, -0.25) is 9.59 Å². The number of hydrogen-bond acceptors (Lipinski definition) is 3. The number of carbonyl (C=O) groups excluding carboxylic acids is 2. The molecule has 0 bridgehead atoms. The van der Waals surface area contributed by atoms with E-state index in [9.17, 15) is 9.59 Å². The normalized spacial score (nSPS) is 12.5. The molecule has 0 saturated carbocycles. The van der Waals surface area contributed by atoms with Crippen LogP contribution in [0.1, 0.15) is 38.2 Å². The van der Waals surface area contributed by atoms with E-state index in [-0.39, 0.29) is 24.4 Å². The van der Waals surface area contributed by atoms with Gasteiger partial charge in [-0.2, -0.15) is 0 Å². The summed E-state index contributed by atoms with van der Waals surface area (Å²) in [5.41, 5.74) is 2.33. The third kappa shape index (κ3) is 4.97. The van der Waals surface area contributed by atoms with Gasteiger partial charge in [-0.1, -0.05) is 63.2 Å². The first kappa shape index (κ1) is 19.6. The molecule has 0 spiro atoms. The highest BCUT2D eigenvalue weighted by Gasteiger charge is 2.23. The number of hydrogen-bond donors (Lipinski definition) is 3. The van der Waals surface area contributed by atoms with Gasteiger partial charge in [0.15, 0.2) is 0 Å². The third-order valence-electron chi connectivity index (χ3n) is 4.45. The standard InChI is InChI=1S/C22H26N4O2/c1-22(2,3)21(28)23-14-19(27)24-18(13-15-9-5-4-6-10-15)20-25-16-11-7-8-12-17(16)26-20/h4-12,18H,13-14H2,1-3H3,(H,23,28)(H,24,27)(H,25,26). The van der Waals surface area contributed by atoms with Crippen molar-refractivity contribution in [3.05, 3.63) is 66.0 Å². The van der Waals surface area contributed by atoms with E-state index < -0.39 is 5.41 Å². The number of imidazole rings is 1. The van der Waals surface area contributed by atoms with Crippen LogP contribution in [0.4, 0.5) is 0 Å². The first-order valence-electron chi connectivity index (χ1n) is 9.39. The topological polar surface area (TPSA) is 86.9 Å². The van der Waals surface area contributed by atoms with E-state index in [1.165, 1.54) is 0 Å². The molecule has 1 unspecified atom stereocenters. The Bertz CT molecular complexity index is 924. The van der Waals surface area contributed by atoms with E-state index >= 15 is 0 Å². The van der Waals surface area contributed by atoms with Gasteiger partial charge >= 0.3 is 0 Å². The second-order valence-corrected chi connectivity index (χ2v) is 7.88. The van der Waals surface area contributed by atoms with Gasteiger partial charge in [-0.05, 0) is 24.1 Å². The lowest BCUT2D eigenvalue weighted by Gasteiger charge is -2.20. The zero-order chi connectivity index (χ0) is 20.1. The van der Waals surface area contributed by atoms with Crippen LogP contribution in [0.15, 0.2) is 54.6 Å². The Morgan fingerprint density at radius 2 is 1.71 bits per heavy atom. The zero-order valence-electron chi connectivity index (χ0n) is 16.5. The Kier molecular flexibility index (Phi) is 5.78. The number of carbonyl (C=O) groups is 2. The summed E-state index contributed by atoms with van der Waals surface area (Å²) < 4.78 is 0. The van der Waals surface area contributed by atoms with Gasteiger partial charge in [0.05, 0.1) is 23.6 Å². The molecular weight excluding hydrogens is 352 g/mol. The summed E-state index contributed by atoms with van der Waals surface area (Å²) in [5.74, 6) is 0.283. The maximum Gasteiger partial charge on any atom is 0.239 e. The number of amides is 2. The van der Waals surface area contributed by atoms with Crippen LogP contribution >= 0.6 is 0 Å². The van der Waals surface area contributed by atoms with Crippen LogP contribution in [0.2, 0.25) is 0 Å². The van der Waals surface area contributed by atoms with Crippen molar-refractivity contribution in [3.63, 3.8) is 0 Å². The molecule has 6 heteroatoms. The lowest BCUT2D eigenvalue weighted by molar-refractivity contribution is -0.131. The van der Waals surface area contributed by atoms with Gasteiger partial charge < -0.3 is 15.6 Å². The summed E-state index contributed by atoms with van der Waals surface area (Å²) in [5, 5.41) is 5.69. The van der Waals surface area contributed by atoms with Crippen LogP contribution in [0.3, 0.4) is 0 Å². The molecule has 1 aromatic heterocycles. The first-order chi connectivity index (χ1) is 13.3. The molecule has 146 valence electrons. The van der Waals surface area contributed by atoms with Crippen molar-refractivity contribution in [2.45, 2.75) is 33.2 Å². The largest absolute Gasteiger partial charge is 0.347 e. The minimum atomic E-state index is -0.539. The van der Waals surface area contributed by atoms with E-state index in [1.54, 1.807) is 0 Å². The molecular formula is C22H26N4O2. The summed E-state index contributed by atoms with van der Waals surface area (Å²) in [6.45, 7) is 5.37. The Hall–Kier alpha value is -3.15. The first-order valence-corrected chi connectivity index (χ1v) is 9.39. The monoisotopic (exact) mass is 378 g/mol. The van der Waals surface area contributed by atoms with Crippen molar-refractivity contribution in [1.29, 1.82) is 0 Å². The van der Waals surface area contributed by atoms with Crippen molar-refractivity contribution in [3.8, 4) is 0 Å². The van der Waals surface area contributed by atoms with Crippen LogP contribution in [0.5, 0.6) is 0 Å². The summed E-state index contributed by atoms with van der Waals surface area (Å²) in [6, 6.07) is 17.4. The number of aromatic nitrogens is 2. The molecule has 3 rings (SSSR count). The minimum Gasteiger partial charge on any atom is -0.347 e. The number of para-hydroxylation sites is 2. The van der Waals surface area contributed by atoms with Crippen molar-refractivity contribution in [2.75, 3.05) is 6.54 Å². The highest BCUT2D eigenvalue weighted by molar-refractivity contribution is 5.87. The lowest BCUT2D eigenvalue weighted by atomic mass is 9.96. The maximum atomic E-state index is 12.5. The Labute approximate surface area is 164 Å². The van der Waals surface area contributed by atoms with Crippen molar-refractivity contribution >= 4 is 22.8 Å². The number of rotatable bonds is 6. The van der Waals surface area contributed by atoms with Crippen molar-refractivity contribution in [2.24, 2.45) is 5.41 Å². The van der Waals surface area contributed by atoms with Crippen LogP contribution < -0.4 is 10.6 Å². The van der Waals surface area contributed by atoms with E-state index in [1.807, 2.05) is 75.4 Å². The Morgan fingerprint density at radius 3 is 2.39 bits per heavy atom. The molecule has 3 aromatic rings. The van der Waals surface area contributed by atoms with Crippen molar-refractivity contribution < 1.29 is 9.59 Å². The fraction of sp³-hybridized carbons (Fsp3) is 0.318. The van der Waals surface area contributed by atoms with Crippen LogP contribution in [0.25, 0.3) is 11.0 Å². The third-order valence-corrected chi connectivity index (χ3v) is 4.45. The molecule has 2 amide bonds. The second-order valence-electron chi connectivity index (χ2n) is 7.88. The van der Waals surface area contributed by atoms with E-state index in [0.29, 0.717) is 12.2 Å². The van der Waals surface area contributed by atoms with Gasteiger partial charge in [0.2, 0.25) is 11.8 Å². The average molecular weight is 378 g/mol. The quantitative estimate of drug-likeness (QED) is 0.616. The van der Waals surface area contributed by atoms with E-state index in [0.717, 1.165) is 16.6 Å². The van der Waals surface area contributed by atoms with Crippen LogP contribution in [-0.2, 0) is 16.0 Å². The smallest absolute Gasteiger partial charge is 0.239 e. The fourth-order valence-electron chi connectivity index (χ4n) is 2.87. The van der Waals surface area contributed by atoms with Gasteiger partial charge in [0.1, 0.15) is 5.82 Å². The minimum absolute atomic E-state index is 0.0678. The molecule has 0 aliphatic carbocycles. The number of H-pyrrole nitrogens is 1. The lowest BCUT2D eigenvalue weighted by Crippen LogP contribution is -2.43. The molecule has 0 saturated heterocycles. The summed E-state index contributed by atoms with van der Waals surface area (Å²) >= 11 is 0. The molecule has 0 radical (unpaired) electrons. The number of aromatic amines is 1. The highest BCUT2D eigenvalue weighted by Crippen LogP contribution is 2.20. The number of benzene rings is 2. The molecule has 2 aromatic carbocycles. The molecule has 0 aliphatic rings. The fourth-order valence-corrected chi connectivity index (χ4v) is 2.87. The van der Waals surface area contributed by atoms with E-state index in [4.69, 9.17) is 0 Å². The van der Waals surface area contributed by atoms with Gasteiger partial charge in [0, 0.05) is 5.41 Å². The molecule has 0 aliphatic heterocycles. The number of nitrogens with one attached hydrogen (secondary N) is 3.